The van der Waals surface area contributed by atoms with Crippen LogP contribution in [0.5, 0.6) is 0 Å². The lowest BCUT2D eigenvalue weighted by atomic mass is 10.1. The molecule has 0 unspecified atom stereocenters. The lowest BCUT2D eigenvalue weighted by molar-refractivity contribution is 0.312. The average molecular weight is 339 g/mol. The van der Waals surface area contributed by atoms with Gasteiger partial charge >= 0.3 is 0 Å². The predicted molar refractivity (Wildman–Crippen MR) is 89.7 cm³/mol. The van der Waals surface area contributed by atoms with E-state index in [4.69, 9.17) is 0 Å². The molecule has 0 atom stereocenters. The van der Waals surface area contributed by atoms with Gasteiger partial charge < -0.3 is 10.2 Å². The lowest BCUT2D eigenvalue weighted by Gasteiger charge is -2.18. The molecule has 0 amide bonds. The number of benzene rings is 1. The Kier molecular flexibility index (Phi) is 6.06. The summed E-state index contributed by atoms with van der Waals surface area (Å²) in [6, 6.07) is 6.77. The largest absolute Gasteiger partial charge is 0.312 e. The minimum absolute atomic E-state index is 0.703. The maximum Gasteiger partial charge on any atom is 0.0242 e. The van der Waals surface area contributed by atoms with Crippen molar-refractivity contribution in [3.05, 3.63) is 33.8 Å². The number of hydrogen-bond donors (Lipinski definition) is 1. The molecule has 1 aliphatic carbocycles. The molecule has 2 nitrogen and oxygen atoms in total. The van der Waals surface area contributed by atoms with Crippen LogP contribution < -0.4 is 5.32 Å². The molecule has 112 valence electrons. The Balaban J connectivity index is 1.84. The van der Waals surface area contributed by atoms with E-state index in [1.807, 2.05) is 0 Å². The van der Waals surface area contributed by atoms with Gasteiger partial charge in [0.15, 0.2) is 0 Å². The van der Waals surface area contributed by atoms with E-state index in [0.29, 0.717) is 5.92 Å². The predicted octanol–water partition coefficient (Wildman–Crippen LogP) is 4.04. The fourth-order valence-electron chi connectivity index (χ4n) is 2.43. The summed E-state index contributed by atoms with van der Waals surface area (Å²) in [5.41, 5.74) is 2.74. The van der Waals surface area contributed by atoms with Gasteiger partial charge in [0.1, 0.15) is 0 Å². The third-order valence-corrected chi connectivity index (χ3v) is 4.44. The van der Waals surface area contributed by atoms with Gasteiger partial charge in [-0.05, 0) is 55.5 Å². The van der Waals surface area contributed by atoms with Gasteiger partial charge in [-0.25, -0.2) is 0 Å². The maximum absolute atomic E-state index is 3.72. The molecule has 1 saturated carbocycles. The second-order valence-electron chi connectivity index (χ2n) is 6.59. The first kappa shape index (κ1) is 16.0. The van der Waals surface area contributed by atoms with Crippen molar-refractivity contribution in [1.82, 2.24) is 10.2 Å². The van der Waals surface area contributed by atoms with Crippen LogP contribution in [0.1, 0.15) is 37.8 Å². The van der Waals surface area contributed by atoms with Gasteiger partial charge in [-0.15, -0.1) is 0 Å². The number of nitrogens with one attached hydrogen (secondary N) is 1. The summed E-state index contributed by atoms with van der Waals surface area (Å²) >= 11 is 3.72. The quantitative estimate of drug-likeness (QED) is 0.769. The van der Waals surface area contributed by atoms with Crippen LogP contribution in [0.15, 0.2) is 22.7 Å². The number of hydrogen-bond acceptors (Lipinski definition) is 2. The van der Waals surface area contributed by atoms with Crippen molar-refractivity contribution in [3.63, 3.8) is 0 Å². The Bertz CT molecular complexity index is 427. The monoisotopic (exact) mass is 338 g/mol. The number of rotatable bonds is 8. The molecule has 3 heteroatoms. The van der Waals surface area contributed by atoms with E-state index in [1.165, 1.54) is 35.0 Å². The molecule has 2 rings (SSSR count). The maximum atomic E-state index is 3.72. The van der Waals surface area contributed by atoms with Crippen LogP contribution in [-0.2, 0) is 13.1 Å². The van der Waals surface area contributed by atoms with Crippen LogP contribution in [0.4, 0.5) is 0 Å². The van der Waals surface area contributed by atoms with Gasteiger partial charge in [0, 0.05) is 24.1 Å². The fraction of sp³-hybridized carbons (Fsp3) is 0.647. The molecular formula is C17H27BrN2. The minimum atomic E-state index is 0.703. The molecular weight excluding hydrogens is 312 g/mol. The van der Waals surface area contributed by atoms with E-state index < -0.39 is 0 Å². The lowest BCUT2D eigenvalue weighted by Crippen LogP contribution is -2.21. The smallest absolute Gasteiger partial charge is 0.0242 e. The Morgan fingerprint density at radius 3 is 2.70 bits per heavy atom. The van der Waals surface area contributed by atoms with E-state index in [-0.39, 0.29) is 0 Å². The molecule has 1 fully saturated rings. The van der Waals surface area contributed by atoms with Gasteiger partial charge in [0.2, 0.25) is 0 Å². The van der Waals surface area contributed by atoms with Crippen molar-refractivity contribution in [2.75, 3.05) is 20.1 Å². The Hall–Kier alpha value is -0.380. The third kappa shape index (κ3) is 5.55. The number of halogens is 1. The zero-order chi connectivity index (χ0) is 14.5. The second-order valence-corrected chi connectivity index (χ2v) is 7.44. The first-order chi connectivity index (χ1) is 9.54. The molecule has 20 heavy (non-hydrogen) atoms. The Labute approximate surface area is 132 Å². The molecule has 1 N–H and O–H groups in total. The van der Waals surface area contributed by atoms with Crippen LogP contribution in [-0.4, -0.2) is 25.0 Å². The zero-order valence-electron chi connectivity index (χ0n) is 13.0. The van der Waals surface area contributed by atoms with E-state index >= 15 is 0 Å². The van der Waals surface area contributed by atoms with Crippen LogP contribution in [0, 0.1) is 11.8 Å². The topological polar surface area (TPSA) is 15.3 Å². The summed E-state index contributed by atoms with van der Waals surface area (Å²) < 4.78 is 1.24. The first-order valence-corrected chi connectivity index (χ1v) is 8.50. The van der Waals surface area contributed by atoms with E-state index in [2.05, 4.69) is 65.2 Å². The van der Waals surface area contributed by atoms with Crippen LogP contribution in [0.25, 0.3) is 0 Å². The second kappa shape index (κ2) is 7.58. The van der Waals surface area contributed by atoms with Gasteiger partial charge in [0.25, 0.3) is 0 Å². The number of nitrogens with zero attached hydrogens (tertiary/aromatic N) is 1. The summed E-state index contributed by atoms with van der Waals surface area (Å²) in [6.45, 7) is 8.78. The minimum Gasteiger partial charge on any atom is -0.312 e. The zero-order valence-corrected chi connectivity index (χ0v) is 14.5. The van der Waals surface area contributed by atoms with Crippen LogP contribution in [0.2, 0.25) is 0 Å². The van der Waals surface area contributed by atoms with E-state index in [0.717, 1.165) is 25.6 Å². The summed E-state index contributed by atoms with van der Waals surface area (Å²) in [7, 11) is 2.23. The molecule has 0 heterocycles. The van der Waals surface area contributed by atoms with Gasteiger partial charge in [-0.1, -0.05) is 41.9 Å². The average Bonchev–Trinajstić information content (AvgIpc) is 3.16. The van der Waals surface area contributed by atoms with Crippen molar-refractivity contribution in [1.29, 1.82) is 0 Å². The van der Waals surface area contributed by atoms with E-state index in [9.17, 15) is 0 Å². The first-order valence-electron chi connectivity index (χ1n) is 7.71. The van der Waals surface area contributed by atoms with Gasteiger partial charge in [-0.3, -0.25) is 0 Å². The SMILES string of the molecule is CC(C)CNCc1ccc(CN(C)CC2CC2)c(Br)c1. The summed E-state index contributed by atoms with van der Waals surface area (Å²) in [5, 5.41) is 3.49. The third-order valence-electron chi connectivity index (χ3n) is 3.71. The summed E-state index contributed by atoms with van der Waals surface area (Å²) in [4.78, 5) is 2.44. The van der Waals surface area contributed by atoms with Crippen molar-refractivity contribution in [2.24, 2.45) is 11.8 Å². The molecule has 0 aromatic heterocycles. The van der Waals surface area contributed by atoms with Crippen LogP contribution >= 0.6 is 15.9 Å². The van der Waals surface area contributed by atoms with Crippen molar-refractivity contribution in [2.45, 2.75) is 39.8 Å². The summed E-state index contributed by atoms with van der Waals surface area (Å²) in [6.07, 6.45) is 2.85. The highest BCUT2D eigenvalue weighted by atomic mass is 79.9. The fourth-order valence-corrected chi connectivity index (χ4v) is 2.98. The molecule has 0 saturated heterocycles. The summed E-state index contributed by atoms with van der Waals surface area (Å²) in [5.74, 6) is 1.66. The molecule has 0 bridgehead atoms. The molecule has 0 spiro atoms. The van der Waals surface area contributed by atoms with Crippen molar-refractivity contribution >= 4 is 15.9 Å². The van der Waals surface area contributed by atoms with Crippen molar-refractivity contribution in [3.8, 4) is 0 Å². The molecule has 0 radical (unpaired) electrons. The Morgan fingerprint density at radius 1 is 1.35 bits per heavy atom. The van der Waals surface area contributed by atoms with Crippen LogP contribution in [0.3, 0.4) is 0 Å². The molecule has 1 aromatic rings. The van der Waals surface area contributed by atoms with Gasteiger partial charge in [-0.2, -0.15) is 0 Å². The van der Waals surface area contributed by atoms with Crippen molar-refractivity contribution < 1.29 is 0 Å². The highest BCUT2D eigenvalue weighted by Gasteiger charge is 2.22. The molecule has 1 aromatic carbocycles. The molecule has 1 aliphatic rings. The van der Waals surface area contributed by atoms with E-state index in [1.54, 1.807) is 0 Å². The molecule has 0 aliphatic heterocycles. The Morgan fingerprint density at radius 2 is 2.10 bits per heavy atom. The normalized spacial score (nSPS) is 15.3. The highest BCUT2D eigenvalue weighted by molar-refractivity contribution is 9.10. The standard InChI is InChI=1S/C17H27BrN2/c1-13(2)9-19-10-15-6-7-16(17(18)8-15)12-20(3)11-14-4-5-14/h6-8,13-14,19H,4-5,9-12H2,1-3H3. The highest BCUT2D eigenvalue weighted by Crippen LogP contribution is 2.30. The van der Waals surface area contributed by atoms with Gasteiger partial charge in [0.05, 0.1) is 0 Å².